The molecule has 8 rings (SSSR count). The number of aliphatic hydroxyl groups excluding tert-OH is 6. The first kappa shape index (κ1) is 41.1. The Balaban J connectivity index is 0.771. The molecule has 8 heterocycles. The topological polar surface area (TPSA) is 158 Å². The summed E-state index contributed by atoms with van der Waals surface area (Å²) >= 11 is 0. The van der Waals surface area contributed by atoms with Crippen LogP contribution in [0.25, 0.3) is 0 Å². The minimum Gasteiger partial charge on any atom is -0.387 e. The van der Waals surface area contributed by atoms with Crippen LogP contribution in [-0.4, -0.2) is 229 Å². The van der Waals surface area contributed by atoms with Gasteiger partial charge >= 0.3 is 0 Å². The van der Waals surface area contributed by atoms with Crippen LogP contribution in [-0.2, 0) is 18.9 Å². The SMILES string of the molecule is CO[C@H]1O[C@H](C[N+]23CC[N+](CCCCCCCCCCCC[N+]45CC[N+](C[C@H]6O[C@H](OC)[C@H](O)[C@@H](O)[C@@H]6O)(CC4)CC5)(CC2)CC3)[C@@H](O)[C@H](O)[C@H]1O. The molecule has 8 fully saturated rings. The van der Waals surface area contributed by atoms with E-state index in [-0.39, 0.29) is 0 Å². The number of fused-ring (bicyclic) bond motifs is 6. The van der Waals surface area contributed by atoms with E-state index in [2.05, 4.69) is 0 Å². The smallest absolute Gasteiger partial charge is 0.186 e. The molecule has 14 heteroatoms. The molecule has 0 saturated carbocycles. The number of methoxy groups -OCH3 is 2. The number of aliphatic hydroxyl groups is 6. The number of quaternary nitrogens is 4. The van der Waals surface area contributed by atoms with Gasteiger partial charge in [0.2, 0.25) is 0 Å². The highest BCUT2D eigenvalue weighted by Gasteiger charge is 2.55. The van der Waals surface area contributed by atoms with Crippen LogP contribution in [0.3, 0.4) is 0 Å². The molecule has 0 amide bonds. The Kier molecular flexibility index (Phi) is 14.0. The van der Waals surface area contributed by atoms with Gasteiger partial charge in [-0.05, 0) is 25.7 Å². The van der Waals surface area contributed by atoms with E-state index in [1.54, 1.807) is 0 Å². The second-order valence-corrected chi connectivity index (χ2v) is 17.9. The molecule has 10 atom stereocenters. The average molecular weight is 747 g/mol. The maximum atomic E-state index is 10.6. The van der Waals surface area contributed by atoms with Crippen molar-refractivity contribution in [2.45, 2.75) is 126 Å². The maximum absolute atomic E-state index is 10.6. The fraction of sp³-hybridized carbons (Fsp3) is 1.00. The van der Waals surface area contributed by atoms with Crippen LogP contribution in [0.4, 0.5) is 0 Å². The van der Waals surface area contributed by atoms with Crippen molar-refractivity contribution in [1.29, 1.82) is 0 Å². The molecule has 0 aliphatic carbocycles. The van der Waals surface area contributed by atoms with Crippen LogP contribution in [0, 0.1) is 0 Å². The van der Waals surface area contributed by atoms with Gasteiger partial charge in [-0.2, -0.15) is 0 Å². The van der Waals surface area contributed by atoms with Gasteiger partial charge in [-0.1, -0.05) is 38.5 Å². The first-order valence-electron chi connectivity index (χ1n) is 20.8. The van der Waals surface area contributed by atoms with Gasteiger partial charge in [0, 0.05) is 14.2 Å². The predicted octanol–water partition coefficient (Wildman–Crippen LogP) is -0.883. The van der Waals surface area contributed by atoms with Crippen LogP contribution in [0.2, 0.25) is 0 Å². The van der Waals surface area contributed by atoms with Crippen molar-refractivity contribution < 1.29 is 67.5 Å². The average Bonchev–Trinajstić information content (AvgIpc) is 3.17. The number of hydrogen-bond donors (Lipinski definition) is 6. The normalized spacial score (nSPS) is 46.2. The summed E-state index contributed by atoms with van der Waals surface area (Å²) in [6.07, 6.45) is 3.33. The van der Waals surface area contributed by atoms with E-state index in [0.29, 0.717) is 13.1 Å². The fourth-order valence-corrected chi connectivity index (χ4v) is 10.7. The Morgan fingerprint density at radius 3 is 0.942 bits per heavy atom. The molecule has 0 aromatic rings. The molecule has 52 heavy (non-hydrogen) atoms. The molecular weight excluding hydrogens is 672 g/mol. The molecule has 14 nitrogen and oxygen atoms in total. The maximum Gasteiger partial charge on any atom is 0.186 e. The van der Waals surface area contributed by atoms with Gasteiger partial charge in [0.05, 0.1) is 13.1 Å². The highest BCUT2D eigenvalue weighted by atomic mass is 16.7. The predicted molar refractivity (Wildman–Crippen MR) is 192 cm³/mol. The lowest BCUT2D eigenvalue weighted by atomic mass is 9.96. The summed E-state index contributed by atoms with van der Waals surface area (Å²) in [5.74, 6) is 0. The van der Waals surface area contributed by atoms with E-state index in [0.717, 1.165) is 48.2 Å². The van der Waals surface area contributed by atoms with E-state index >= 15 is 0 Å². The summed E-state index contributed by atoms with van der Waals surface area (Å²) < 4.78 is 26.6. The third-order valence-corrected chi connectivity index (χ3v) is 14.7. The lowest BCUT2D eigenvalue weighted by molar-refractivity contribution is -1.08. The minimum atomic E-state index is -1.25. The number of piperazine rings is 6. The van der Waals surface area contributed by atoms with Gasteiger partial charge in [0.25, 0.3) is 0 Å². The number of unbranched alkanes of at least 4 members (excludes halogenated alkanes) is 9. The van der Waals surface area contributed by atoms with Crippen molar-refractivity contribution in [3.05, 3.63) is 0 Å². The number of rotatable bonds is 19. The first-order chi connectivity index (χ1) is 25.0. The van der Waals surface area contributed by atoms with Crippen LogP contribution >= 0.6 is 0 Å². The van der Waals surface area contributed by atoms with Crippen LogP contribution in [0.15, 0.2) is 0 Å². The van der Waals surface area contributed by atoms with Gasteiger partial charge in [-0.3, -0.25) is 0 Å². The van der Waals surface area contributed by atoms with E-state index in [1.807, 2.05) is 0 Å². The molecule has 0 unspecified atom stereocenters. The molecule has 4 bridgehead atoms. The van der Waals surface area contributed by atoms with E-state index in [4.69, 9.17) is 18.9 Å². The molecule has 8 aliphatic heterocycles. The third-order valence-electron chi connectivity index (χ3n) is 14.7. The summed E-state index contributed by atoms with van der Waals surface area (Å²) in [6.45, 7) is 17.4. The third kappa shape index (κ3) is 9.18. The van der Waals surface area contributed by atoms with Gasteiger partial charge in [-0.15, -0.1) is 0 Å². The Morgan fingerprint density at radius 2 is 0.654 bits per heavy atom. The Bertz CT molecular complexity index is 985. The first-order valence-corrected chi connectivity index (χ1v) is 20.8. The summed E-state index contributed by atoms with van der Waals surface area (Å²) in [5, 5.41) is 62.1. The van der Waals surface area contributed by atoms with Crippen molar-refractivity contribution in [1.82, 2.24) is 0 Å². The molecule has 8 saturated heterocycles. The summed E-state index contributed by atoms with van der Waals surface area (Å²) in [7, 11) is 2.92. The quantitative estimate of drug-likeness (QED) is 0.0725. The second-order valence-electron chi connectivity index (χ2n) is 17.9. The van der Waals surface area contributed by atoms with Crippen molar-refractivity contribution in [2.24, 2.45) is 0 Å². The van der Waals surface area contributed by atoms with Crippen LogP contribution in [0.5, 0.6) is 0 Å². The van der Waals surface area contributed by atoms with Crippen LogP contribution < -0.4 is 0 Å². The standard InChI is InChI=1S/C38H74N4O10/c1-49-37-35(47)33(45)31(43)29(51-37)27-41-21-15-39(16-22-41,17-23-41)13-11-9-7-5-3-4-6-8-10-12-14-40-18-24-42(25-19-40,26-20-40)28-30-32(44)34(46)36(48)38(50-2)52-30/h29-38,43-48H,3-28H2,1-2H3/q+4/t29-,30-,31-,32-,33+,34+,35-,36-,37+,38+,39?,40?,41?,42?/m1/s1. The van der Waals surface area contributed by atoms with Crippen molar-refractivity contribution in [2.75, 3.05) is 119 Å². The highest BCUT2D eigenvalue weighted by molar-refractivity contribution is 4.90. The second kappa shape index (κ2) is 17.7. The molecule has 0 radical (unpaired) electrons. The Morgan fingerprint density at radius 1 is 0.385 bits per heavy atom. The molecule has 0 aromatic heterocycles. The van der Waals surface area contributed by atoms with E-state index in [1.165, 1.54) is 140 Å². The largest absolute Gasteiger partial charge is 0.387 e. The zero-order valence-corrected chi connectivity index (χ0v) is 32.3. The van der Waals surface area contributed by atoms with Gasteiger partial charge in [-0.25, -0.2) is 0 Å². The Labute approximate surface area is 311 Å². The van der Waals surface area contributed by atoms with E-state index in [9.17, 15) is 30.6 Å². The molecule has 302 valence electrons. The monoisotopic (exact) mass is 747 g/mol. The number of hydrogen-bond acceptors (Lipinski definition) is 10. The molecule has 0 spiro atoms. The summed E-state index contributed by atoms with van der Waals surface area (Å²) in [5.41, 5.74) is 0. The highest BCUT2D eigenvalue weighted by Crippen LogP contribution is 2.33. The van der Waals surface area contributed by atoms with Crippen LogP contribution in [0.1, 0.15) is 64.2 Å². The Hall–Kier alpha value is -0.560. The minimum absolute atomic E-state index is 0.530. The molecule has 8 aliphatic rings. The zero-order chi connectivity index (χ0) is 37.0. The molecule has 0 aromatic carbocycles. The number of nitrogens with zero attached hydrogens (tertiary/aromatic N) is 4. The van der Waals surface area contributed by atoms with Crippen molar-refractivity contribution >= 4 is 0 Å². The van der Waals surface area contributed by atoms with Crippen molar-refractivity contribution in [3.63, 3.8) is 0 Å². The summed E-state index contributed by atoms with van der Waals surface area (Å²) in [4.78, 5) is 0. The van der Waals surface area contributed by atoms with E-state index < -0.39 is 61.4 Å². The summed E-state index contributed by atoms with van der Waals surface area (Å²) in [6, 6.07) is 0. The fourth-order valence-electron chi connectivity index (χ4n) is 10.7. The van der Waals surface area contributed by atoms with Gasteiger partial charge < -0.3 is 67.5 Å². The van der Waals surface area contributed by atoms with Gasteiger partial charge in [0.15, 0.2) is 12.6 Å². The van der Waals surface area contributed by atoms with Gasteiger partial charge in [0.1, 0.15) is 140 Å². The lowest BCUT2D eigenvalue weighted by Crippen LogP contribution is -2.77. The van der Waals surface area contributed by atoms with Crippen molar-refractivity contribution in [3.8, 4) is 0 Å². The number of ether oxygens (including phenoxy) is 4. The molecular formula is C38H74N4O10+4. The lowest BCUT2D eigenvalue weighted by Gasteiger charge is -2.57. The zero-order valence-electron chi connectivity index (χ0n) is 32.3. The molecule has 6 N–H and O–H groups in total.